The molecule has 0 spiro atoms. The first-order valence-electron chi connectivity index (χ1n) is 10.2. The van der Waals surface area contributed by atoms with Gasteiger partial charge in [0.05, 0.1) is 6.54 Å². The van der Waals surface area contributed by atoms with Crippen molar-refractivity contribution in [1.29, 1.82) is 0 Å². The Hall–Kier alpha value is -1.88. The molecule has 0 aliphatic carbocycles. The molecule has 0 aromatic heterocycles. The highest BCUT2D eigenvalue weighted by molar-refractivity contribution is 5.95. The fraction of sp³-hybridized carbons (Fsp3) is 0.636. The topological polar surface area (TPSA) is 52.7 Å². The van der Waals surface area contributed by atoms with E-state index in [1.165, 1.54) is 6.42 Å². The van der Waals surface area contributed by atoms with Crippen LogP contribution in [0, 0.1) is 19.8 Å². The number of rotatable bonds is 7. The summed E-state index contributed by atoms with van der Waals surface area (Å²) in [4.78, 5) is 29.5. The van der Waals surface area contributed by atoms with Crippen LogP contribution >= 0.6 is 0 Å². The minimum Gasteiger partial charge on any atom is -0.330 e. The van der Waals surface area contributed by atoms with E-state index < -0.39 is 0 Å². The van der Waals surface area contributed by atoms with Crippen LogP contribution in [0.5, 0.6) is 0 Å². The largest absolute Gasteiger partial charge is 0.330 e. The van der Waals surface area contributed by atoms with E-state index in [2.05, 4.69) is 24.1 Å². The lowest BCUT2D eigenvalue weighted by Gasteiger charge is -2.34. The smallest absolute Gasteiger partial charge is 0.244 e. The number of amides is 2. The molecule has 1 N–H and O–H groups in total. The molecule has 150 valence electrons. The summed E-state index contributed by atoms with van der Waals surface area (Å²) >= 11 is 0. The Balaban J connectivity index is 2.01. The zero-order valence-electron chi connectivity index (χ0n) is 17.5. The SMILES string of the molecule is CC[C@@H](C)N(CC(=O)Nc1cccc(C)c1C)C(=O)CN1CCC[C@H](C)C1. The number of piperidine rings is 1. The summed E-state index contributed by atoms with van der Waals surface area (Å²) in [6, 6.07) is 5.92. The van der Waals surface area contributed by atoms with Gasteiger partial charge in [-0.2, -0.15) is 0 Å². The van der Waals surface area contributed by atoms with Crippen molar-refractivity contribution in [3.63, 3.8) is 0 Å². The van der Waals surface area contributed by atoms with Gasteiger partial charge in [-0.25, -0.2) is 0 Å². The van der Waals surface area contributed by atoms with Gasteiger partial charge in [-0.15, -0.1) is 0 Å². The first-order valence-corrected chi connectivity index (χ1v) is 10.2. The number of aryl methyl sites for hydroxylation is 1. The number of hydrogen-bond acceptors (Lipinski definition) is 3. The van der Waals surface area contributed by atoms with Gasteiger partial charge in [0.25, 0.3) is 0 Å². The summed E-state index contributed by atoms with van der Waals surface area (Å²) in [7, 11) is 0. The highest BCUT2D eigenvalue weighted by atomic mass is 16.2. The van der Waals surface area contributed by atoms with E-state index in [1.54, 1.807) is 4.90 Å². The number of likely N-dealkylation sites (tertiary alicyclic amines) is 1. The Bertz CT molecular complexity index is 659. The molecule has 0 saturated carbocycles. The Kier molecular flexibility index (Phi) is 7.84. The second-order valence-electron chi connectivity index (χ2n) is 8.06. The summed E-state index contributed by atoms with van der Waals surface area (Å²) in [6.07, 6.45) is 3.21. The lowest BCUT2D eigenvalue weighted by molar-refractivity contribution is -0.138. The van der Waals surface area contributed by atoms with E-state index in [1.807, 2.05) is 39.0 Å². The monoisotopic (exact) mass is 373 g/mol. The summed E-state index contributed by atoms with van der Waals surface area (Å²) in [5.41, 5.74) is 3.03. The average Bonchev–Trinajstić information content (AvgIpc) is 2.63. The van der Waals surface area contributed by atoms with E-state index >= 15 is 0 Å². The number of benzene rings is 1. The Morgan fingerprint density at radius 1 is 1.33 bits per heavy atom. The first kappa shape index (κ1) is 21.4. The van der Waals surface area contributed by atoms with Gasteiger partial charge in [0.15, 0.2) is 0 Å². The molecule has 27 heavy (non-hydrogen) atoms. The maximum Gasteiger partial charge on any atom is 0.244 e. The number of anilines is 1. The van der Waals surface area contributed by atoms with Crippen molar-refractivity contribution in [2.75, 3.05) is 31.5 Å². The lowest BCUT2D eigenvalue weighted by Crippen LogP contribution is -2.49. The van der Waals surface area contributed by atoms with Crippen LogP contribution in [0.25, 0.3) is 0 Å². The number of carbonyl (C=O) groups excluding carboxylic acids is 2. The summed E-state index contributed by atoms with van der Waals surface area (Å²) in [6.45, 7) is 12.8. The Morgan fingerprint density at radius 2 is 2.07 bits per heavy atom. The lowest BCUT2D eigenvalue weighted by atomic mass is 10.0. The zero-order valence-corrected chi connectivity index (χ0v) is 17.5. The third-order valence-electron chi connectivity index (χ3n) is 5.74. The van der Waals surface area contributed by atoms with Crippen molar-refractivity contribution in [3.8, 4) is 0 Å². The van der Waals surface area contributed by atoms with Crippen LogP contribution in [-0.4, -0.2) is 53.8 Å². The highest BCUT2D eigenvalue weighted by Gasteiger charge is 2.25. The molecular weight excluding hydrogens is 338 g/mol. The van der Waals surface area contributed by atoms with Gasteiger partial charge in [-0.3, -0.25) is 14.5 Å². The third kappa shape index (κ3) is 6.06. The predicted molar refractivity (Wildman–Crippen MR) is 111 cm³/mol. The van der Waals surface area contributed by atoms with Crippen molar-refractivity contribution >= 4 is 17.5 Å². The van der Waals surface area contributed by atoms with Gasteiger partial charge in [-0.1, -0.05) is 26.0 Å². The van der Waals surface area contributed by atoms with E-state index in [0.717, 1.165) is 42.7 Å². The molecule has 0 radical (unpaired) electrons. The molecule has 5 nitrogen and oxygen atoms in total. The quantitative estimate of drug-likeness (QED) is 0.794. The van der Waals surface area contributed by atoms with Crippen LogP contribution in [-0.2, 0) is 9.59 Å². The normalized spacial score (nSPS) is 18.8. The average molecular weight is 374 g/mol. The van der Waals surface area contributed by atoms with Crippen LogP contribution in [0.15, 0.2) is 18.2 Å². The van der Waals surface area contributed by atoms with Crippen LogP contribution in [0.1, 0.15) is 51.2 Å². The number of hydrogen-bond donors (Lipinski definition) is 1. The van der Waals surface area contributed by atoms with Gasteiger partial charge in [0, 0.05) is 18.3 Å². The van der Waals surface area contributed by atoms with Gasteiger partial charge >= 0.3 is 0 Å². The van der Waals surface area contributed by atoms with Gasteiger partial charge < -0.3 is 10.2 Å². The summed E-state index contributed by atoms with van der Waals surface area (Å²) in [5.74, 6) is 0.551. The molecule has 1 fully saturated rings. The Morgan fingerprint density at radius 3 is 2.74 bits per heavy atom. The zero-order chi connectivity index (χ0) is 20.0. The van der Waals surface area contributed by atoms with E-state index in [0.29, 0.717) is 12.5 Å². The minimum atomic E-state index is -0.135. The van der Waals surface area contributed by atoms with Crippen molar-refractivity contribution in [3.05, 3.63) is 29.3 Å². The molecule has 1 aliphatic heterocycles. The molecule has 5 heteroatoms. The molecule has 1 aromatic carbocycles. The van der Waals surface area contributed by atoms with E-state index in [-0.39, 0.29) is 24.4 Å². The number of nitrogens with one attached hydrogen (secondary N) is 1. The standard InChI is InChI=1S/C22H35N3O2/c1-6-18(4)25(22(27)15-24-12-8-9-16(2)13-24)14-21(26)23-20-11-7-10-17(3)19(20)5/h7,10-11,16,18H,6,8-9,12-15H2,1-5H3,(H,23,26)/t16-,18+/m0/s1. The third-order valence-corrected chi connectivity index (χ3v) is 5.74. The highest BCUT2D eigenvalue weighted by Crippen LogP contribution is 2.19. The van der Waals surface area contributed by atoms with Crippen molar-refractivity contribution in [2.24, 2.45) is 5.92 Å². The minimum absolute atomic E-state index is 0.0454. The molecule has 2 atom stereocenters. The van der Waals surface area contributed by atoms with Crippen LogP contribution in [0.3, 0.4) is 0 Å². The first-order chi connectivity index (χ1) is 12.8. The van der Waals surface area contributed by atoms with Gasteiger partial charge in [0.2, 0.25) is 11.8 Å². The molecule has 1 saturated heterocycles. The maximum atomic E-state index is 12.9. The molecule has 0 unspecified atom stereocenters. The van der Waals surface area contributed by atoms with Crippen LogP contribution in [0.4, 0.5) is 5.69 Å². The van der Waals surface area contributed by atoms with E-state index in [9.17, 15) is 9.59 Å². The number of nitrogens with zero attached hydrogens (tertiary/aromatic N) is 2. The fourth-order valence-electron chi connectivity index (χ4n) is 3.65. The Labute approximate surface area is 164 Å². The second kappa shape index (κ2) is 9.88. The molecule has 2 rings (SSSR count). The molecule has 1 aliphatic rings. The summed E-state index contributed by atoms with van der Waals surface area (Å²) < 4.78 is 0. The van der Waals surface area contributed by atoms with Gasteiger partial charge in [0.1, 0.15) is 6.54 Å². The predicted octanol–water partition coefficient (Wildman–Crippen LogP) is 3.60. The molecule has 0 bridgehead atoms. The maximum absolute atomic E-state index is 12.9. The van der Waals surface area contributed by atoms with Crippen molar-refractivity contribution in [2.45, 2.75) is 59.9 Å². The van der Waals surface area contributed by atoms with Crippen LogP contribution < -0.4 is 5.32 Å². The van der Waals surface area contributed by atoms with Crippen molar-refractivity contribution < 1.29 is 9.59 Å². The van der Waals surface area contributed by atoms with Crippen LogP contribution in [0.2, 0.25) is 0 Å². The molecular formula is C22H35N3O2. The molecule has 1 heterocycles. The van der Waals surface area contributed by atoms with Crippen molar-refractivity contribution in [1.82, 2.24) is 9.80 Å². The second-order valence-corrected chi connectivity index (χ2v) is 8.06. The van der Waals surface area contributed by atoms with Gasteiger partial charge in [-0.05, 0) is 69.7 Å². The fourth-order valence-corrected chi connectivity index (χ4v) is 3.65. The summed E-state index contributed by atoms with van der Waals surface area (Å²) in [5, 5.41) is 2.98. The molecule has 2 amide bonds. The molecule has 1 aromatic rings. The van der Waals surface area contributed by atoms with E-state index in [4.69, 9.17) is 0 Å². The number of carbonyl (C=O) groups is 2.